The predicted octanol–water partition coefficient (Wildman–Crippen LogP) is 1.41. The fraction of sp³-hybridized carbons (Fsp3) is 0.400. The molecule has 3 heteroatoms. The van der Waals surface area contributed by atoms with Crippen LogP contribution in [-0.2, 0) is 13.0 Å². The predicted molar refractivity (Wildman–Crippen MR) is 49.0 cm³/mol. The number of hydroxylamine groups is 1. The molecule has 0 fully saturated rings. The summed E-state index contributed by atoms with van der Waals surface area (Å²) in [6.07, 6.45) is 0.952. The molecule has 70 valence electrons. The molecule has 0 amide bonds. The van der Waals surface area contributed by atoms with Crippen LogP contribution in [0.15, 0.2) is 12.1 Å². The molecule has 0 saturated carbocycles. The number of rotatable bonds is 2. The highest BCUT2D eigenvalue weighted by atomic mass is 16.5. The number of aryl methyl sites for hydroxylation is 1. The van der Waals surface area contributed by atoms with Crippen molar-refractivity contribution in [2.45, 2.75) is 19.9 Å². The summed E-state index contributed by atoms with van der Waals surface area (Å²) in [5, 5.41) is 8.68. The van der Waals surface area contributed by atoms with Crippen molar-refractivity contribution in [1.82, 2.24) is 5.48 Å². The molecule has 0 aromatic heterocycles. The molecular weight excluding hydrogens is 166 g/mol. The lowest BCUT2D eigenvalue weighted by molar-refractivity contribution is 0.161. The van der Waals surface area contributed by atoms with Gasteiger partial charge in [0.05, 0.1) is 6.61 Å². The zero-order valence-electron chi connectivity index (χ0n) is 7.63. The molecule has 0 aliphatic carbocycles. The lowest BCUT2D eigenvalue weighted by atomic mass is 10.0. The zero-order valence-corrected chi connectivity index (χ0v) is 7.63. The van der Waals surface area contributed by atoms with Gasteiger partial charge in [-0.15, -0.1) is 0 Å². The van der Waals surface area contributed by atoms with E-state index in [1.807, 2.05) is 19.1 Å². The number of nitrogens with one attached hydrogen (secondary N) is 1. The molecule has 0 radical (unpaired) electrons. The quantitative estimate of drug-likeness (QED) is 0.674. The van der Waals surface area contributed by atoms with E-state index in [1.165, 1.54) is 11.1 Å². The fourth-order valence-corrected chi connectivity index (χ4v) is 1.79. The minimum atomic E-state index is 0.498. The summed E-state index contributed by atoms with van der Waals surface area (Å²) >= 11 is 0. The van der Waals surface area contributed by atoms with Crippen molar-refractivity contribution in [3.8, 4) is 5.75 Å². The Morgan fingerprint density at radius 2 is 2.38 bits per heavy atom. The van der Waals surface area contributed by atoms with Gasteiger partial charge in [-0.05, 0) is 24.1 Å². The third kappa shape index (κ3) is 1.41. The van der Waals surface area contributed by atoms with Crippen molar-refractivity contribution in [2.75, 3.05) is 6.61 Å². The molecule has 2 rings (SSSR count). The Morgan fingerprint density at radius 3 is 3.15 bits per heavy atom. The van der Waals surface area contributed by atoms with E-state index in [-0.39, 0.29) is 0 Å². The van der Waals surface area contributed by atoms with Gasteiger partial charge in [0.1, 0.15) is 5.75 Å². The molecule has 0 spiro atoms. The van der Waals surface area contributed by atoms with Gasteiger partial charge in [-0.1, -0.05) is 6.07 Å². The fourth-order valence-electron chi connectivity index (χ4n) is 1.79. The van der Waals surface area contributed by atoms with Crippen LogP contribution in [0.5, 0.6) is 5.75 Å². The van der Waals surface area contributed by atoms with E-state index in [2.05, 4.69) is 5.48 Å². The van der Waals surface area contributed by atoms with Crippen molar-refractivity contribution in [3.63, 3.8) is 0 Å². The van der Waals surface area contributed by atoms with Crippen molar-refractivity contribution in [1.29, 1.82) is 0 Å². The minimum Gasteiger partial charge on any atom is -0.493 e. The molecule has 1 aromatic carbocycles. The van der Waals surface area contributed by atoms with E-state index in [4.69, 9.17) is 9.94 Å². The number of benzene rings is 1. The molecule has 3 nitrogen and oxygen atoms in total. The molecule has 0 bridgehead atoms. The van der Waals surface area contributed by atoms with Crippen LogP contribution in [0.25, 0.3) is 0 Å². The summed E-state index contributed by atoms with van der Waals surface area (Å²) in [5.74, 6) is 0.968. The molecule has 13 heavy (non-hydrogen) atoms. The maximum atomic E-state index is 8.68. The van der Waals surface area contributed by atoms with Crippen LogP contribution < -0.4 is 10.2 Å². The van der Waals surface area contributed by atoms with Gasteiger partial charge in [0.2, 0.25) is 0 Å². The summed E-state index contributed by atoms with van der Waals surface area (Å²) in [4.78, 5) is 0. The Labute approximate surface area is 77.3 Å². The van der Waals surface area contributed by atoms with E-state index in [9.17, 15) is 0 Å². The molecule has 1 heterocycles. The number of ether oxygens (including phenoxy) is 1. The van der Waals surface area contributed by atoms with Crippen LogP contribution in [0.1, 0.15) is 16.7 Å². The second kappa shape index (κ2) is 3.36. The summed E-state index contributed by atoms with van der Waals surface area (Å²) in [6.45, 7) is 3.31. The average Bonchev–Trinajstić information content (AvgIpc) is 2.58. The summed E-state index contributed by atoms with van der Waals surface area (Å²) in [6, 6.07) is 4.02. The SMILES string of the molecule is Cc1ccc2c(c1CNO)CCO2. The van der Waals surface area contributed by atoms with Gasteiger partial charge in [-0.25, -0.2) is 5.48 Å². The first kappa shape index (κ1) is 8.53. The number of hydrogen-bond donors (Lipinski definition) is 2. The van der Waals surface area contributed by atoms with Crippen LogP contribution in [0.4, 0.5) is 0 Å². The van der Waals surface area contributed by atoms with Crippen LogP contribution in [-0.4, -0.2) is 11.8 Å². The van der Waals surface area contributed by atoms with Crippen molar-refractivity contribution in [2.24, 2.45) is 0 Å². The number of hydrogen-bond acceptors (Lipinski definition) is 3. The second-order valence-electron chi connectivity index (χ2n) is 3.27. The third-order valence-electron chi connectivity index (χ3n) is 2.49. The first-order chi connectivity index (χ1) is 6.33. The van der Waals surface area contributed by atoms with Gasteiger partial charge in [-0.2, -0.15) is 0 Å². The molecule has 1 aromatic rings. The molecule has 0 unspecified atom stereocenters. The van der Waals surface area contributed by atoms with Crippen molar-refractivity contribution < 1.29 is 9.94 Å². The summed E-state index contributed by atoms with van der Waals surface area (Å²) in [5.41, 5.74) is 5.80. The van der Waals surface area contributed by atoms with Crippen LogP contribution >= 0.6 is 0 Å². The van der Waals surface area contributed by atoms with Crippen LogP contribution in [0.3, 0.4) is 0 Å². The lowest BCUT2D eigenvalue weighted by Crippen LogP contribution is -2.09. The van der Waals surface area contributed by atoms with E-state index in [1.54, 1.807) is 0 Å². The van der Waals surface area contributed by atoms with Gasteiger partial charge in [0.15, 0.2) is 0 Å². The Kier molecular flexibility index (Phi) is 2.20. The minimum absolute atomic E-state index is 0.498. The third-order valence-corrected chi connectivity index (χ3v) is 2.49. The van der Waals surface area contributed by atoms with Gasteiger partial charge >= 0.3 is 0 Å². The van der Waals surface area contributed by atoms with Gasteiger partial charge in [0.25, 0.3) is 0 Å². The molecule has 1 aliphatic rings. The topological polar surface area (TPSA) is 41.5 Å². The maximum Gasteiger partial charge on any atom is 0.122 e. The van der Waals surface area contributed by atoms with E-state index < -0.39 is 0 Å². The smallest absolute Gasteiger partial charge is 0.122 e. The Bertz CT molecular complexity index is 323. The van der Waals surface area contributed by atoms with Crippen LogP contribution in [0, 0.1) is 6.92 Å². The van der Waals surface area contributed by atoms with E-state index in [0.717, 1.165) is 24.3 Å². The van der Waals surface area contributed by atoms with Gasteiger partial charge in [0, 0.05) is 18.5 Å². The first-order valence-electron chi connectivity index (χ1n) is 4.44. The lowest BCUT2D eigenvalue weighted by Gasteiger charge is -2.09. The van der Waals surface area contributed by atoms with Crippen LogP contribution in [0.2, 0.25) is 0 Å². The average molecular weight is 179 g/mol. The van der Waals surface area contributed by atoms with Crippen molar-refractivity contribution >= 4 is 0 Å². The molecule has 1 aliphatic heterocycles. The highest BCUT2D eigenvalue weighted by Crippen LogP contribution is 2.30. The Balaban J connectivity index is 2.45. The highest BCUT2D eigenvalue weighted by molar-refractivity contribution is 5.46. The summed E-state index contributed by atoms with van der Waals surface area (Å²) < 4.78 is 5.43. The molecule has 0 atom stereocenters. The normalized spacial score (nSPS) is 14.0. The maximum absolute atomic E-state index is 8.68. The monoisotopic (exact) mass is 179 g/mol. The molecular formula is C10H13NO2. The Morgan fingerprint density at radius 1 is 1.54 bits per heavy atom. The van der Waals surface area contributed by atoms with Crippen molar-refractivity contribution in [3.05, 3.63) is 28.8 Å². The first-order valence-corrected chi connectivity index (χ1v) is 4.44. The van der Waals surface area contributed by atoms with Gasteiger partial charge < -0.3 is 9.94 Å². The van der Waals surface area contributed by atoms with E-state index in [0.29, 0.717) is 6.54 Å². The second-order valence-corrected chi connectivity index (χ2v) is 3.27. The zero-order chi connectivity index (χ0) is 9.26. The highest BCUT2D eigenvalue weighted by Gasteiger charge is 2.16. The number of fused-ring (bicyclic) bond motifs is 1. The summed E-state index contributed by atoms with van der Waals surface area (Å²) in [7, 11) is 0. The Hall–Kier alpha value is -1.06. The van der Waals surface area contributed by atoms with Gasteiger partial charge in [-0.3, -0.25) is 0 Å². The standard InChI is InChI=1S/C10H13NO2/c1-7-2-3-10-8(4-5-13-10)9(7)6-11-12/h2-3,11-12H,4-6H2,1H3. The molecule has 0 saturated heterocycles. The molecule has 2 N–H and O–H groups in total. The van der Waals surface area contributed by atoms with E-state index >= 15 is 0 Å². The largest absolute Gasteiger partial charge is 0.493 e.